The number of likely N-dealkylation sites (tertiary alicyclic amines) is 1. The fourth-order valence-corrected chi connectivity index (χ4v) is 5.82. The molecule has 1 aromatic heterocycles. The second-order valence-corrected chi connectivity index (χ2v) is 10.3. The predicted molar refractivity (Wildman–Crippen MR) is 125 cm³/mol. The number of hydrogen-bond acceptors (Lipinski definition) is 4. The highest BCUT2D eigenvalue weighted by molar-refractivity contribution is 5.23. The van der Waals surface area contributed by atoms with Gasteiger partial charge in [-0.25, -0.2) is 8.78 Å². The zero-order valence-corrected chi connectivity index (χ0v) is 20.4. The van der Waals surface area contributed by atoms with E-state index in [0.717, 1.165) is 81.6 Å². The largest absolute Gasteiger partial charge is 0.378 e. The maximum atomic E-state index is 14.0. The molecule has 33 heavy (non-hydrogen) atoms. The minimum atomic E-state index is -0.485. The molecule has 2 fully saturated rings. The van der Waals surface area contributed by atoms with Crippen molar-refractivity contribution in [1.29, 1.82) is 0 Å². The van der Waals surface area contributed by atoms with Crippen molar-refractivity contribution < 1.29 is 13.5 Å². The Balaban J connectivity index is 1.41. The first-order chi connectivity index (χ1) is 15.8. The Kier molecular flexibility index (Phi) is 7.80. The zero-order valence-electron chi connectivity index (χ0n) is 20.4. The van der Waals surface area contributed by atoms with E-state index in [1.165, 1.54) is 12.1 Å². The van der Waals surface area contributed by atoms with Crippen LogP contribution >= 0.6 is 0 Å². The minimum absolute atomic E-state index is 0.145. The van der Waals surface area contributed by atoms with Gasteiger partial charge in [-0.3, -0.25) is 0 Å². The van der Waals surface area contributed by atoms with Gasteiger partial charge in [0.05, 0.1) is 6.10 Å². The summed E-state index contributed by atoms with van der Waals surface area (Å²) in [5, 5.41) is 8.73. The van der Waals surface area contributed by atoms with Crippen LogP contribution in [0.5, 0.6) is 0 Å². The molecule has 1 unspecified atom stereocenters. The Hall–Kier alpha value is -1.86. The van der Waals surface area contributed by atoms with Crippen LogP contribution in [0, 0.1) is 24.5 Å². The Morgan fingerprint density at radius 2 is 1.76 bits per heavy atom. The lowest BCUT2D eigenvalue weighted by atomic mass is 9.77. The minimum Gasteiger partial charge on any atom is -0.378 e. The van der Waals surface area contributed by atoms with E-state index in [1.807, 2.05) is 6.92 Å². The summed E-state index contributed by atoms with van der Waals surface area (Å²) in [5.74, 6) is 2.00. The van der Waals surface area contributed by atoms with Crippen LogP contribution in [0.4, 0.5) is 8.78 Å². The third kappa shape index (κ3) is 5.80. The van der Waals surface area contributed by atoms with E-state index in [-0.39, 0.29) is 12.0 Å². The first-order valence-electron chi connectivity index (χ1n) is 12.5. The van der Waals surface area contributed by atoms with Gasteiger partial charge >= 0.3 is 0 Å². The molecule has 4 rings (SSSR count). The number of rotatable bonds is 7. The highest BCUT2D eigenvalue weighted by atomic mass is 19.1. The monoisotopic (exact) mass is 460 g/mol. The molecule has 2 aromatic rings. The van der Waals surface area contributed by atoms with Crippen molar-refractivity contribution in [2.75, 3.05) is 26.2 Å². The average Bonchev–Trinajstić information content (AvgIpc) is 3.15. The van der Waals surface area contributed by atoms with Crippen LogP contribution in [0.2, 0.25) is 0 Å². The summed E-state index contributed by atoms with van der Waals surface area (Å²) in [4.78, 5) is 2.51. The molecule has 0 N–H and O–H groups in total. The first-order valence-corrected chi connectivity index (χ1v) is 12.5. The summed E-state index contributed by atoms with van der Waals surface area (Å²) in [5.41, 5.74) is 0.795. The molecule has 3 atom stereocenters. The Bertz CT molecular complexity index is 903. The van der Waals surface area contributed by atoms with E-state index in [2.05, 4.69) is 40.4 Å². The van der Waals surface area contributed by atoms with Crippen molar-refractivity contribution in [3.63, 3.8) is 0 Å². The van der Waals surface area contributed by atoms with Crippen LogP contribution in [0.25, 0.3) is 0 Å². The van der Waals surface area contributed by atoms with Crippen LogP contribution < -0.4 is 0 Å². The molecule has 2 aliphatic rings. The maximum absolute atomic E-state index is 14.0. The number of nitrogens with zero attached hydrogens (tertiary/aromatic N) is 4. The SMILES string of the molecule is Cc1nnc(C(C)C)n1C1CCN(CC[C@@H](c2cc(F)cc(F)c2)C2CCO[C@@H](C)C2)CC1. The van der Waals surface area contributed by atoms with Crippen molar-refractivity contribution in [2.24, 2.45) is 5.92 Å². The van der Waals surface area contributed by atoms with Gasteiger partial charge in [0, 0.05) is 37.7 Å². The third-order valence-corrected chi connectivity index (χ3v) is 7.50. The smallest absolute Gasteiger partial charge is 0.135 e. The molecular formula is C26H38F2N4O. The van der Waals surface area contributed by atoms with Gasteiger partial charge in [0.1, 0.15) is 23.3 Å². The molecule has 182 valence electrons. The van der Waals surface area contributed by atoms with Crippen LogP contribution in [0.3, 0.4) is 0 Å². The van der Waals surface area contributed by atoms with Gasteiger partial charge in [0.15, 0.2) is 0 Å². The Morgan fingerprint density at radius 1 is 1.06 bits per heavy atom. The standard InChI is InChI=1S/C26H38F2N4O/c1-17(2)26-30-29-19(4)32(26)24-5-9-31(10-6-24)11-7-25(20-8-12-33-18(3)13-20)21-14-22(27)16-23(28)15-21/h14-18,20,24-25H,5-13H2,1-4H3/t18-,20?,25+/m0/s1. The highest BCUT2D eigenvalue weighted by Crippen LogP contribution is 2.38. The van der Waals surface area contributed by atoms with Crippen molar-refractivity contribution in [3.8, 4) is 0 Å². The van der Waals surface area contributed by atoms with E-state index in [0.29, 0.717) is 17.9 Å². The number of aromatic nitrogens is 3. The Labute approximate surface area is 196 Å². The molecule has 0 saturated carbocycles. The van der Waals surface area contributed by atoms with Crippen molar-refractivity contribution in [1.82, 2.24) is 19.7 Å². The van der Waals surface area contributed by atoms with Gasteiger partial charge in [0.25, 0.3) is 0 Å². The number of aryl methyl sites for hydroxylation is 1. The summed E-state index contributed by atoms with van der Waals surface area (Å²) >= 11 is 0. The number of ether oxygens (including phenoxy) is 1. The molecule has 7 heteroatoms. The third-order valence-electron chi connectivity index (χ3n) is 7.50. The summed E-state index contributed by atoms with van der Waals surface area (Å²) in [6.07, 6.45) is 5.14. The van der Waals surface area contributed by atoms with E-state index in [4.69, 9.17) is 4.74 Å². The zero-order chi connectivity index (χ0) is 23.5. The topological polar surface area (TPSA) is 43.2 Å². The molecule has 1 aromatic carbocycles. The van der Waals surface area contributed by atoms with E-state index < -0.39 is 11.6 Å². The second-order valence-electron chi connectivity index (χ2n) is 10.3. The van der Waals surface area contributed by atoms with Crippen LogP contribution in [-0.4, -0.2) is 52.0 Å². The quantitative estimate of drug-likeness (QED) is 0.538. The second kappa shape index (κ2) is 10.6. The van der Waals surface area contributed by atoms with Crippen molar-refractivity contribution in [2.45, 2.75) is 83.8 Å². The van der Waals surface area contributed by atoms with E-state index in [9.17, 15) is 8.78 Å². The number of piperidine rings is 1. The lowest BCUT2D eigenvalue weighted by Gasteiger charge is -2.37. The number of hydrogen-bond donors (Lipinski definition) is 0. The summed E-state index contributed by atoms with van der Waals surface area (Å²) in [6.45, 7) is 12.2. The molecule has 5 nitrogen and oxygen atoms in total. The van der Waals surface area contributed by atoms with Crippen LogP contribution in [0.15, 0.2) is 18.2 Å². The van der Waals surface area contributed by atoms with Gasteiger partial charge < -0.3 is 14.2 Å². The fourth-order valence-electron chi connectivity index (χ4n) is 5.82. The van der Waals surface area contributed by atoms with Gasteiger partial charge in [-0.1, -0.05) is 13.8 Å². The normalized spacial score (nSPS) is 23.8. The van der Waals surface area contributed by atoms with E-state index in [1.54, 1.807) is 0 Å². The Morgan fingerprint density at radius 3 is 2.39 bits per heavy atom. The molecule has 0 radical (unpaired) electrons. The summed E-state index contributed by atoms with van der Waals surface area (Å²) in [7, 11) is 0. The average molecular weight is 461 g/mol. The van der Waals surface area contributed by atoms with Gasteiger partial charge in [0.2, 0.25) is 0 Å². The fraction of sp³-hybridized carbons (Fsp3) is 0.692. The predicted octanol–water partition coefficient (Wildman–Crippen LogP) is 5.61. The highest BCUT2D eigenvalue weighted by Gasteiger charge is 2.31. The van der Waals surface area contributed by atoms with Gasteiger partial charge in [-0.2, -0.15) is 0 Å². The number of halogens is 2. The molecule has 0 amide bonds. The lowest BCUT2D eigenvalue weighted by molar-refractivity contribution is -0.00536. The lowest BCUT2D eigenvalue weighted by Crippen LogP contribution is -2.37. The number of benzene rings is 1. The van der Waals surface area contributed by atoms with E-state index >= 15 is 0 Å². The maximum Gasteiger partial charge on any atom is 0.135 e. The first kappa shape index (κ1) is 24.3. The van der Waals surface area contributed by atoms with Gasteiger partial charge in [-0.15, -0.1) is 10.2 Å². The molecular weight excluding hydrogens is 422 g/mol. The molecule has 0 aliphatic carbocycles. The summed E-state index contributed by atoms with van der Waals surface area (Å²) in [6, 6.07) is 4.47. The van der Waals surface area contributed by atoms with Crippen molar-refractivity contribution in [3.05, 3.63) is 47.0 Å². The molecule has 0 spiro atoms. The van der Waals surface area contributed by atoms with Crippen LogP contribution in [0.1, 0.15) is 88.0 Å². The molecule has 2 aliphatic heterocycles. The molecule has 2 saturated heterocycles. The summed E-state index contributed by atoms with van der Waals surface area (Å²) < 4.78 is 36.2. The van der Waals surface area contributed by atoms with Gasteiger partial charge in [-0.05, 0) is 82.0 Å². The van der Waals surface area contributed by atoms with Crippen molar-refractivity contribution >= 4 is 0 Å². The molecule has 3 heterocycles. The molecule has 0 bridgehead atoms. The van der Waals surface area contributed by atoms with Crippen LogP contribution in [-0.2, 0) is 4.74 Å².